The number of ether oxygens (including phenoxy) is 1. The summed E-state index contributed by atoms with van der Waals surface area (Å²) in [5.74, 6) is -0.723. The minimum atomic E-state index is -4.39. The quantitative estimate of drug-likeness (QED) is 0.782. The van der Waals surface area contributed by atoms with Crippen molar-refractivity contribution < 1.29 is 32.9 Å². The van der Waals surface area contributed by atoms with Gasteiger partial charge in [-0.1, -0.05) is 0 Å². The van der Waals surface area contributed by atoms with Gasteiger partial charge in [-0.25, -0.2) is 4.79 Å². The Kier molecular flexibility index (Phi) is 5.85. The third kappa shape index (κ3) is 4.79. The van der Waals surface area contributed by atoms with Gasteiger partial charge < -0.3 is 14.9 Å². The van der Waals surface area contributed by atoms with Crippen LogP contribution in [0.5, 0.6) is 5.75 Å². The van der Waals surface area contributed by atoms with Gasteiger partial charge in [0, 0.05) is 31.7 Å². The summed E-state index contributed by atoms with van der Waals surface area (Å²) in [6.45, 7) is 0.771. The Morgan fingerprint density at radius 2 is 1.93 bits per heavy atom. The Bertz CT molecular complexity index is 809. The van der Waals surface area contributed by atoms with Crippen molar-refractivity contribution in [2.45, 2.75) is 31.3 Å². The van der Waals surface area contributed by atoms with Gasteiger partial charge in [-0.05, 0) is 36.4 Å². The van der Waals surface area contributed by atoms with Crippen LogP contribution in [0, 0.1) is 0 Å². The number of alkyl halides is 3. The molecular weight excluding hydrogens is 377 g/mol. The van der Waals surface area contributed by atoms with Crippen molar-refractivity contribution in [2.75, 3.05) is 13.2 Å². The van der Waals surface area contributed by atoms with E-state index in [4.69, 9.17) is 9.84 Å². The van der Waals surface area contributed by atoms with E-state index < -0.39 is 17.7 Å². The maximum Gasteiger partial charge on any atom is 0.416 e. The van der Waals surface area contributed by atoms with E-state index in [1.165, 1.54) is 24.4 Å². The molecule has 2 N–H and O–H groups in total. The zero-order chi connectivity index (χ0) is 20.3. The molecule has 1 saturated heterocycles. The second-order valence-electron chi connectivity index (χ2n) is 6.61. The first-order chi connectivity index (χ1) is 13.3. The fourth-order valence-corrected chi connectivity index (χ4v) is 3.17. The first-order valence-corrected chi connectivity index (χ1v) is 8.63. The van der Waals surface area contributed by atoms with E-state index in [2.05, 4.69) is 4.98 Å². The Hall–Kier alpha value is -2.65. The maximum atomic E-state index is 12.6. The van der Waals surface area contributed by atoms with Gasteiger partial charge in [-0.3, -0.25) is 9.88 Å². The molecule has 0 aliphatic carbocycles. The minimum absolute atomic E-state index is 0.0902. The lowest BCUT2D eigenvalue weighted by Gasteiger charge is -2.21. The van der Waals surface area contributed by atoms with Crippen molar-refractivity contribution in [2.24, 2.45) is 0 Å². The molecule has 1 aliphatic heterocycles. The summed E-state index contributed by atoms with van der Waals surface area (Å²) in [5, 5.41) is 18.5. The summed E-state index contributed by atoms with van der Waals surface area (Å²) in [5.41, 5.74) is 0.00281. The molecule has 150 valence electrons. The van der Waals surface area contributed by atoms with E-state index in [0.29, 0.717) is 31.0 Å². The summed E-state index contributed by atoms with van der Waals surface area (Å²) in [6.07, 6.45) is -2.89. The fourth-order valence-electron chi connectivity index (χ4n) is 3.17. The second kappa shape index (κ2) is 8.15. The van der Waals surface area contributed by atoms with Crippen molar-refractivity contribution >= 4 is 5.97 Å². The number of benzene rings is 1. The van der Waals surface area contributed by atoms with Gasteiger partial charge in [-0.15, -0.1) is 0 Å². The zero-order valence-corrected chi connectivity index (χ0v) is 14.8. The van der Waals surface area contributed by atoms with Crippen molar-refractivity contribution in [3.63, 3.8) is 0 Å². The van der Waals surface area contributed by atoms with Crippen molar-refractivity contribution in [1.29, 1.82) is 0 Å². The third-order valence-corrected chi connectivity index (χ3v) is 4.62. The van der Waals surface area contributed by atoms with Crippen LogP contribution in [-0.2, 0) is 12.7 Å². The van der Waals surface area contributed by atoms with Crippen LogP contribution < -0.4 is 4.74 Å². The minimum Gasteiger partial charge on any atom is -0.489 e. The molecule has 28 heavy (non-hydrogen) atoms. The number of pyridine rings is 1. The lowest BCUT2D eigenvalue weighted by Crippen LogP contribution is -2.32. The predicted octanol–water partition coefficient (Wildman–Crippen LogP) is 2.81. The average molecular weight is 396 g/mol. The average Bonchev–Trinajstić information content (AvgIpc) is 3.03. The van der Waals surface area contributed by atoms with Gasteiger partial charge >= 0.3 is 12.1 Å². The van der Waals surface area contributed by atoms with Gasteiger partial charge in [0.05, 0.1) is 23.4 Å². The van der Waals surface area contributed by atoms with Crippen LogP contribution in [0.1, 0.15) is 28.0 Å². The number of rotatable bonds is 6. The normalized spacial score (nSPS) is 20.3. The van der Waals surface area contributed by atoms with E-state index in [-0.39, 0.29) is 24.3 Å². The molecule has 1 aromatic heterocycles. The lowest BCUT2D eigenvalue weighted by molar-refractivity contribution is -0.137. The molecule has 3 rings (SSSR count). The fraction of sp³-hybridized carbons (Fsp3) is 0.368. The van der Waals surface area contributed by atoms with E-state index >= 15 is 0 Å². The number of aliphatic hydroxyl groups is 1. The molecule has 0 amide bonds. The number of hydrogen-bond acceptors (Lipinski definition) is 5. The largest absolute Gasteiger partial charge is 0.489 e. The number of halogens is 3. The molecule has 2 atom stereocenters. The number of aromatic nitrogens is 1. The van der Waals surface area contributed by atoms with Crippen LogP contribution in [0.4, 0.5) is 13.2 Å². The highest BCUT2D eigenvalue weighted by molar-refractivity contribution is 5.87. The number of hydrogen-bond donors (Lipinski definition) is 2. The third-order valence-electron chi connectivity index (χ3n) is 4.62. The number of likely N-dealkylation sites (tertiary alicyclic amines) is 1. The molecule has 6 nitrogen and oxygen atoms in total. The second-order valence-corrected chi connectivity index (χ2v) is 6.61. The van der Waals surface area contributed by atoms with Gasteiger partial charge in [-0.2, -0.15) is 13.2 Å². The smallest absolute Gasteiger partial charge is 0.416 e. The summed E-state index contributed by atoms with van der Waals surface area (Å²) in [6, 6.07) is 7.41. The van der Waals surface area contributed by atoms with Crippen LogP contribution in [0.25, 0.3) is 0 Å². The van der Waals surface area contributed by atoms with Crippen LogP contribution in [0.15, 0.2) is 42.6 Å². The first kappa shape index (κ1) is 20.1. The molecule has 2 heterocycles. The molecule has 2 aromatic rings. The van der Waals surface area contributed by atoms with E-state index in [0.717, 1.165) is 12.1 Å². The molecular formula is C19H19F3N2O4. The maximum absolute atomic E-state index is 12.6. The summed E-state index contributed by atoms with van der Waals surface area (Å²) < 4.78 is 43.7. The Morgan fingerprint density at radius 1 is 1.21 bits per heavy atom. The number of carboxylic acids is 1. The number of carboxylic acid groups (broad SMARTS) is 1. The predicted molar refractivity (Wildman–Crippen MR) is 93.0 cm³/mol. The lowest BCUT2D eigenvalue weighted by atomic mass is 10.2. The SMILES string of the molecule is O=C(O)c1ccc(CN2C[C@@H](Oc3ccc(C(F)(F)F)cc3)C[C@H]2CO)nc1. The molecule has 1 fully saturated rings. The molecule has 0 saturated carbocycles. The van der Waals surface area contributed by atoms with Gasteiger partial charge in [0.15, 0.2) is 0 Å². The van der Waals surface area contributed by atoms with Gasteiger partial charge in [0.1, 0.15) is 11.9 Å². The Morgan fingerprint density at radius 3 is 2.46 bits per heavy atom. The topological polar surface area (TPSA) is 82.9 Å². The molecule has 0 spiro atoms. The monoisotopic (exact) mass is 396 g/mol. The Labute approximate surface area is 159 Å². The van der Waals surface area contributed by atoms with Crippen LogP contribution in [0.2, 0.25) is 0 Å². The zero-order valence-electron chi connectivity index (χ0n) is 14.8. The van der Waals surface area contributed by atoms with E-state index in [1.807, 2.05) is 4.90 Å². The van der Waals surface area contributed by atoms with Crippen molar-refractivity contribution in [3.8, 4) is 5.75 Å². The number of aliphatic hydroxyl groups excluding tert-OH is 1. The number of carbonyl (C=O) groups is 1. The van der Waals surface area contributed by atoms with E-state index in [1.54, 1.807) is 6.07 Å². The van der Waals surface area contributed by atoms with Crippen molar-refractivity contribution in [1.82, 2.24) is 9.88 Å². The van der Waals surface area contributed by atoms with Crippen LogP contribution in [-0.4, -0.2) is 51.4 Å². The van der Waals surface area contributed by atoms with E-state index in [9.17, 15) is 23.1 Å². The summed E-state index contributed by atoms with van der Waals surface area (Å²) in [7, 11) is 0. The molecule has 1 aromatic carbocycles. The number of aromatic carboxylic acids is 1. The van der Waals surface area contributed by atoms with Gasteiger partial charge in [0.2, 0.25) is 0 Å². The van der Waals surface area contributed by atoms with Crippen LogP contribution in [0.3, 0.4) is 0 Å². The molecule has 0 bridgehead atoms. The van der Waals surface area contributed by atoms with Gasteiger partial charge in [0.25, 0.3) is 0 Å². The number of nitrogens with zero attached hydrogens (tertiary/aromatic N) is 2. The Balaban J connectivity index is 1.62. The summed E-state index contributed by atoms with van der Waals surface area (Å²) in [4.78, 5) is 17.0. The highest BCUT2D eigenvalue weighted by Gasteiger charge is 2.34. The first-order valence-electron chi connectivity index (χ1n) is 8.63. The molecule has 9 heteroatoms. The van der Waals surface area contributed by atoms with Crippen LogP contribution >= 0.6 is 0 Å². The highest BCUT2D eigenvalue weighted by atomic mass is 19.4. The molecule has 1 aliphatic rings. The summed E-state index contributed by atoms with van der Waals surface area (Å²) >= 11 is 0. The van der Waals surface area contributed by atoms with Crippen molar-refractivity contribution in [3.05, 3.63) is 59.4 Å². The highest BCUT2D eigenvalue weighted by Crippen LogP contribution is 2.31. The standard InChI is InChI=1S/C19H19F3N2O4/c20-19(21,22)13-2-5-16(6-3-13)28-17-7-15(11-25)24(10-17)9-14-4-1-12(8-23-14)18(26)27/h1-6,8,15,17,25H,7,9-11H2,(H,26,27)/t15-,17-/m0/s1. The molecule has 0 unspecified atom stereocenters. The molecule has 0 radical (unpaired) electrons.